The van der Waals surface area contributed by atoms with E-state index in [9.17, 15) is 0 Å². The number of ether oxygens (including phenoxy) is 2. The van der Waals surface area contributed by atoms with Crippen LogP contribution in [0.5, 0.6) is 11.5 Å². The largest absolute Gasteiger partial charge is 0.492 e. The first kappa shape index (κ1) is 14.7. The summed E-state index contributed by atoms with van der Waals surface area (Å²) >= 11 is 8.05. The standard InChI is InChI=1S/C11H14BrN3O2S/c1-3-17-9-5-7(6-14-15-11(13)18)4-8(12)10(9)16-2/h4-6H,3H2,1-2H3,(H3,13,15,18)/b14-6+. The smallest absolute Gasteiger partial charge is 0.184 e. The average molecular weight is 332 g/mol. The predicted octanol–water partition coefficient (Wildman–Crippen LogP) is 2.02. The first-order valence-corrected chi connectivity index (χ1v) is 6.37. The van der Waals surface area contributed by atoms with Crippen LogP contribution in [-0.4, -0.2) is 25.0 Å². The molecule has 0 fully saturated rings. The first-order chi connectivity index (χ1) is 8.58. The highest BCUT2D eigenvalue weighted by Gasteiger charge is 2.10. The van der Waals surface area contributed by atoms with Crippen molar-refractivity contribution in [2.24, 2.45) is 10.8 Å². The second kappa shape index (κ2) is 7.17. The van der Waals surface area contributed by atoms with Crippen molar-refractivity contribution in [2.75, 3.05) is 13.7 Å². The molecule has 0 radical (unpaired) electrons. The SMILES string of the molecule is CCOc1cc(/C=N/NC(N)=S)cc(Br)c1OC. The Labute approximate surface area is 119 Å². The zero-order valence-electron chi connectivity index (χ0n) is 10.1. The third-order valence-electron chi connectivity index (χ3n) is 1.92. The zero-order chi connectivity index (χ0) is 13.5. The van der Waals surface area contributed by atoms with Gasteiger partial charge in [0.25, 0.3) is 0 Å². The maximum atomic E-state index is 5.49. The average Bonchev–Trinajstić information content (AvgIpc) is 2.28. The summed E-state index contributed by atoms with van der Waals surface area (Å²) in [6.45, 7) is 2.46. The number of hydrazone groups is 1. The van der Waals surface area contributed by atoms with Crippen molar-refractivity contribution >= 4 is 39.5 Å². The second-order valence-corrected chi connectivity index (χ2v) is 4.50. The number of nitrogens with one attached hydrogen (secondary N) is 1. The van der Waals surface area contributed by atoms with E-state index in [1.807, 2.05) is 19.1 Å². The summed E-state index contributed by atoms with van der Waals surface area (Å²) < 4.78 is 11.5. The molecule has 0 saturated carbocycles. The van der Waals surface area contributed by atoms with Crippen molar-refractivity contribution in [3.05, 3.63) is 22.2 Å². The molecule has 0 spiro atoms. The summed E-state index contributed by atoms with van der Waals surface area (Å²) in [7, 11) is 1.59. The lowest BCUT2D eigenvalue weighted by Gasteiger charge is -2.11. The van der Waals surface area contributed by atoms with Gasteiger partial charge in [-0.15, -0.1) is 0 Å². The fourth-order valence-corrected chi connectivity index (χ4v) is 1.97. The normalized spacial score (nSPS) is 10.4. The van der Waals surface area contributed by atoms with Crippen LogP contribution in [-0.2, 0) is 0 Å². The van der Waals surface area contributed by atoms with Gasteiger partial charge in [-0.05, 0) is 52.8 Å². The van der Waals surface area contributed by atoms with Crippen molar-refractivity contribution in [3.63, 3.8) is 0 Å². The number of thiocarbonyl (C=S) groups is 1. The second-order valence-electron chi connectivity index (χ2n) is 3.20. The number of benzene rings is 1. The Balaban J connectivity index is 3.00. The Morgan fingerprint density at radius 2 is 2.33 bits per heavy atom. The number of hydrogen-bond acceptors (Lipinski definition) is 4. The third kappa shape index (κ3) is 4.15. The molecule has 0 unspecified atom stereocenters. The molecule has 1 aromatic rings. The van der Waals surface area contributed by atoms with Crippen molar-refractivity contribution in [2.45, 2.75) is 6.92 Å². The molecule has 0 atom stereocenters. The van der Waals surface area contributed by atoms with E-state index in [4.69, 9.17) is 15.2 Å². The van der Waals surface area contributed by atoms with E-state index >= 15 is 0 Å². The topological polar surface area (TPSA) is 68.9 Å². The minimum atomic E-state index is 0.115. The third-order valence-corrected chi connectivity index (χ3v) is 2.60. The molecular formula is C11H14BrN3O2S. The Bertz CT molecular complexity index is 466. The van der Waals surface area contributed by atoms with Crippen LogP contribution >= 0.6 is 28.1 Å². The summed E-state index contributed by atoms with van der Waals surface area (Å²) in [5.74, 6) is 1.29. The van der Waals surface area contributed by atoms with Gasteiger partial charge in [-0.1, -0.05) is 0 Å². The number of methoxy groups -OCH3 is 1. The number of nitrogens with zero attached hydrogens (tertiary/aromatic N) is 1. The van der Waals surface area contributed by atoms with Crippen LogP contribution in [0, 0.1) is 0 Å². The van der Waals surface area contributed by atoms with E-state index in [0.29, 0.717) is 18.1 Å². The molecule has 3 N–H and O–H groups in total. The molecule has 1 aromatic carbocycles. The van der Waals surface area contributed by atoms with Gasteiger partial charge >= 0.3 is 0 Å². The van der Waals surface area contributed by atoms with Crippen molar-refractivity contribution < 1.29 is 9.47 Å². The van der Waals surface area contributed by atoms with Crippen molar-refractivity contribution in [1.82, 2.24) is 5.43 Å². The summed E-state index contributed by atoms with van der Waals surface area (Å²) in [4.78, 5) is 0. The van der Waals surface area contributed by atoms with Gasteiger partial charge in [0.1, 0.15) is 0 Å². The van der Waals surface area contributed by atoms with Crippen LogP contribution in [0.2, 0.25) is 0 Å². The van der Waals surface area contributed by atoms with Crippen LogP contribution in [0.15, 0.2) is 21.7 Å². The van der Waals surface area contributed by atoms with Crippen LogP contribution in [0.1, 0.15) is 12.5 Å². The van der Waals surface area contributed by atoms with Gasteiger partial charge < -0.3 is 15.2 Å². The molecule has 7 heteroatoms. The maximum absolute atomic E-state index is 5.49. The first-order valence-electron chi connectivity index (χ1n) is 5.17. The Morgan fingerprint density at radius 3 is 2.89 bits per heavy atom. The Kier molecular flexibility index (Phi) is 5.87. The fourth-order valence-electron chi connectivity index (χ4n) is 1.29. The highest BCUT2D eigenvalue weighted by molar-refractivity contribution is 9.10. The Hall–Kier alpha value is -1.34. The fraction of sp³-hybridized carbons (Fsp3) is 0.273. The monoisotopic (exact) mass is 331 g/mol. The van der Waals surface area contributed by atoms with E-state index in [0.717, 1.165) is 10.0 Å². The molecule has 0 aliphatic rings. The van der Waals surface area contributed by atoms with Crippen LogP contribution in [0.25, 0.3) is 0 Å². The van der Waals surface area contributed by atoms with Gasteiger partial charge in [-0.2, -0.15) is 5.10 Å². The van der Waals surface area contributed by atoms with Gasteiger partial charge in [-0.3, -0.25) is 5.43 Å². The molecule has 0 aliphatic heterocycles. The molecule has 1 rings (SSSR count). The minimum Gasteiger partial charge on any atom is -0.492 e. The van der Waals surface area contributed by atoms with Crippen molar-refractivity contribution in [3.8, 4) is 11.5 Å². The highest BCUT2D eigenvalue weighted by Crippen LogP contribution is 2.36. The van der Waals surface area contributed by atoms with Crippen LogP contribution in [0.4, 0.5) is 0 Å². The molecule has 0 heterocycles. The molecule has 5 nitrogen and oxygen atoms in total. The van der Waals surface area contributed by atoms with E-state index in [1.54, 1.807) is 13.3 Å². The summed E-state index contributed by atoms with van der Waals surface area (Å²) in [5.41, 5.74) is 8.58. The molecule has 0 amide bonds. The van der Waals surface area contributed by atoms with Gasteiger partial charge in [0.05, 0.1) is 24.4 Å². The molecule has 98 valence electrons. The van der Waals surface area contributed by atoms with Crippen LogP contribution < -0.4 is 20.6 Å². The van der Waals surface area contributed by atoms with E-state index < -0.39 is 0 Å². The summed E-state index contributed by atoms with van der Waals surface area (Å²) in [6, 6.07) is 3.67. The number of hydrogen-bond donors (Lipinski definition) is 2. The van der Waals surface area contributed by atoms with E-state index in [-0.39, 0.29) is 5.11 Å². The van der Waals surface area contributed by atoms with Gasteiger partial charge in [0.15, 0.2) is 16.6 Å². The zero-order valence-corrected chi connectivity index (χ0v) is 12.5. The highest BCUT2D eigenvalue weighted by atomic mass is 79.9. The van der Waals surface area contributed by atoms with Gasteiger partial charge in [-0.25, -0.2) is 0 Å². The Morgan fingerprint density at radius 1 is 1.61 bits per heavy atom. The summed E-state index contributed by atoms with van der Waals surface area (Å²) in [5, 5.41) is 4.00. The minimum absolute atomic E-state index is 0.115. The van der Waals surface area contributed by atoms with E-state index in [1.165, 1.54) is 0 Å². The van der Waals surface area contributed by atoms with E-state index in [2.05, 4.69) is 38.7 Å². The lowest BCUT2D eigenvalue weighted by molar-refractivity contribution is 0.310. The predicted molar refractivity (Wildman–Crippen MR) is 79.4 cm³/mol. The number of rotatable bonds is 5. The molecule has 0 aromatic heterocycles. The lowest BCUT2D eigenvalue weighted by atomic mass is 10.2. The molecular weight excluding hydrogens is 318 g/mol. The molecule has 0 aliphatic carbocycles. The molecule has 0 saturated heterocycles. The molecule has 0 bridgehead atoms. The molecule has 18 heavy (non-hydrogen) atoms. The lowest BCUT2D eigenvalue weighted by Crippen LogP contribution is -2.23. The van der Waals surface area contributed by atoms with Crippen LogP contribution in [0.3, 0.4) is 0 Å². The van der Waals surface area contributed by atoms with Crippen molar-refractivity contribution in [1.29, 1.82) is 0 Å². The number of nitrogens with two attached hydrogens (primary N) is 1. The quantitative estimate of drug-likeness (QED) is 0.491. The van der Waals surface area contributed by atoms with Gasteiger partial charge in [0.2, 0.25) is 0 Å². The maximum Gasteiger partial charge on any atom is 0.184 e. The number of halogens is 1. The van der Waals surface area contributed by atoms with Gasteiger partial charge in [0, 0.05) is 0 Å². The summed E-state index contributed by atoms with van der Waals surface area (Å²) in [6.07, 6.45) is 1.59.